The first-order chi connectivity index (χ1) is 14.0. The fourth-order valence-corrected chi connectivity index (χ4v) is 4.45. The molecule has 150 valence electrons. The Balaban J connectivity index is 0.000000755. The van der Waals surface area contributed by atoms with Crippen molar-refractivity contribution < 1.29 is 13.2 Å². The quantitative estimate of drug-likeness (QED) is 0.544. The van der Waals surface area contributed by atoms with Crippen LogP contribution in [0.3, 0.4) is 0 Å². The Morgan fingerprint density at radius 2 is 1.45 bits per heavy atom. The first kappa shape index (κ1) is 20.6. The standard InChI is InChI=1S/C21H17NO3S.C2H7N/c1-25-17-12-13-21-19(14-17)20(16-8-4-2-5-9-16)15-22(21)26(23,24)18-10-6-3-7-11-18;1-3-2/h2-15H,1H3;3H,1-2H3. The number of hydrogen-bond acceptors (Lipinski definition) is 4. The van der Waals surface area contributed by atoms with Crippen molar-refractivity contribution in [1.29, 1.82) is 0 Å². The van der Waals surface area contributed by atoms with Crippen molar-refractivity contribution in [3.05, 3.63) is 85.1 Å². The van der Waals surface area contributed by atoms with E-state index in [9.17, 15) is 8.42 Å². The highest BCUT2D eigenvalue weighted by Gasteiger charge is 2.21. The average Bonchev–Trinajstić information content (AvgIpc) is 3.15. The van der Waals surface area contributed by atoms with E-state index >= 15 is 0 Å². The molecule has 4 aromatic rings. The maximum absolute atomic E-state index is 13.2. The third-order valence-corrected chi connectivity index (χ3v) is 6.05. The molecule has 0 atom stereocenters. The predicted molar refractivity (Wildman–Crippen MR) is 118 cm³/mol. The van der Waals surface area contributed by atoms with E-state index in [0.717, 1.165) is 16.5 Å². The zero-order valence-electron chi connectivity index (χ0n) is 16.7. The van der Waals surface area contributed by atoms with E-state index in [1.54, 1.807) is 55.8 Å². The summed E-state index contributed by atoms with van der Waals surface area (Å²) in [4.78, 5) is 0.257. The van der Waals surface area contributed by atoms with Gasteiger partial charge in [0.05, 0.1) is 17.5 Å². The van der Waals surface area contributed by atoms with Gasteiger partial charge in [-0.05, 0) is 50.0 Å². The van der Waals surface area contributed by atoms with Crippen LogP contribution < -0.4 is 10.1 Å². The minimum atomic E-state index is -3.70. The number of aromatic nitrogens is 1. The van der Waals surface area contributed by atoms with Crippen molar-refractivity contribution in [2.45, 2.75) is 4.90 Å². The Kier molecular flexibility index (Phi) is 6.36. The lowest BCUT2D eigenvalue weighted by Crippen LogP contribution is -2.11. The molecule has 1 heterocycles. The molecule has 1 aromatic heterocycles. The second kappa shape index (κ2) is 8.94. The largest absolute Gasteiger partial charge is 0.497 e. The molecule has 29 heavy (non-hydrogen) atoms. The maximum atomic E-state index is 13.2. The lowest BCUT2D eigenvalue weighted by molar-refractivity contribution is 0.415. The van der Waals surface area contributed by atoms with Crippen LogP contribution in [-0.2, 0) is 10.0 Å². The molecule has 0 unspecified atom stereocenters. The summed E-state index contributed by atoms with van der Waals surface area (Å²) in [5.41, 5.74) is 2.42. The Bertz CT molecular complexity index is 1190. The first-order valence-electron chi connectivity index (χ1n) is 9.16. The Hall–Kier alpha value is -3.09. The van der Waals surface area contributed by atoms with Crippen LogP contribution in [0.25, 0.3) is 22.0 Å². The molecule has 0 aliphatic rings. The lowest BCUT2D eigenvalue weighted by Gasteiger charge is -2.07. The number of nitrogens with zero attached hydrogens (tertiary/aromatic N) is 1. The molecule has 1 N–H and O–H groups in total. The van der Waals surface area contributed by atoms with Crippen LogP contribution in [0.2, 0.25) is 0 Å². The monoisotopic (exact) mass is 408 g/mol. The van der Waals surface area contributed by atoms with Crippen molar-refractivity contribution in [2.75, 3.05) is 21.2 Å². The van der Waals surface area contributed by atoms with Crippen molar-refractivity contribution in [3.63, 3.8) is 0 Å². The van der Waals surface area contributed by atoms with Crippen LogP contribution in [0.15, 0.2) is 90.0 Å². The van der Waals surface area contributed by atoms with Gasteiger partial charge in [0.15, 0.2) is 0 Å². The van der Waals surface area contributed by atoms with Gasteiger partial charge < -0.3 is 10.1 Å². The fourth-order valence-electron chi connectivity index (χ4n) is 3.06. The molecule has 0 aliphatic carbocycles. The number of nitrogens with one attached hydrogen (secondary N) is 1. The number of fused-ring (bicyclic) bond motifs is 1. The minimum Gasteiger partial charge on any atom is -0.497 e. The van der Waals surface area contributed by atoms with Gasteiger partial charge in [-0.15, -0.1) is 0 Å². The van der Waals surface area contributed by atoms with Crippen LogP contribution in [0.5, 0.6) is 5.75 Å². The summed E-state index contributed by atoms with van der Waals surface area (Å²) in [5.74, 6) is 0.685. The third-order valence-electron chi connectivity index (χ3n) is 4.36. The van der Waals surface area contributed by atoms with E-state index in [4.69, 9.17) is 4.74 Å². The van der Waals surface area contributed by atoms with Gasteiger partial charge in [-0.1, -0.05) is 48.5 Å². The summed E-state index contributed by atoms with van der Waals surface area (Å²) in [6.45, 7) is 0. The summed E-state index contributed by atoms with van der Waals surface area (Å²) in [5, 5.41) is 3.58. The van der Waals surface area contributed by atoms with Crippen LogP contribution in [0.4, 0.5) is 0 Å². The number of benzene rings is 3. The molecule has 0 spiro atoms. The van der Waals surface area contributed by atoms with Crippen LogP contribution in [0, 0.1) is 0 Å². The van der Waals surface area contributed by atoms with Gasteiger partial charge in [0, 0.05) is 17.1 Å². The second-order valence-corrected chi connectivity index (χ2v) is 8.22. The zero-order valence-corrected chi connectivity index (χ0v) is 17.5. The molecule has 3 aromatic carbocycles. The Labute approximate surface area is 171 Å². The summed E-state index contributed by atoms with van der Waals surface area (Å²) in [6.07, 6.45) is 1.68. The van der Waals surface area contributed by atoms with Crippen LogP contribution >= 0.6 is 0 Å². The van der Waals surface area contributed by atoms with Gasteiger partial charge in [0.1, 0.15) is 5.75 Å². The van der Waals surface area contributed by atoms with Gasteiger partial charge in [0.25, 0.3) is 10.0 Å². The second-order valence-electron chi connectivity index (χ2n) is 6.41. The highest BCUT2D eigenvalue weighted by atomic mass is 32.2. The highest BCUT2D eigenvalue weighted by molar-refractivity contribution is 7.90. The average molecular weight is 409 g/mol. The lowest BCUT2D eigenvalue weighted by atomic mass is 10.0. The number of methoxy groups -OCH3 is 1. The van der Waals surface area contributed by atoms with E-state index in [-0.39, 0.29) is 4.90 Å². The molecule has 6 heteroatoms. The van der Waals surface area contributed by atoms with Gasteiger partial charge in [-0.3, -0.25) is 0 Å². The number of hydrogen-bond donors (Lipinski definition) is 1. The molecular formula is C23H24N2O3S. The van der Waals surface area contributed by atoms with E-state index in [1.165, 1.54) is 3.97 Å². The van der Waals surface area contributed by atoms with Crippen LogP contribution in [0.1, 0.15) is 0 Å². The summed E-state index contributed by atoms with van der Waals surface area (Å²) < 4.78 is 33.0. The Morgan fingerprint density at radius 1 is 0.862 bits per heavy atom. The molecule has 0 saturated carbocycles. The van der Waals surface area contributed by atoms with Crippen molar-refractivity contribution in [1.82, 2.24) is 9.29 Å². The first-order valence-corrected chi connectivity index (χ1v) is 10.6. The normalized spacial score (nSPS) is 11.0. The van der Waals surface area contributed by atoms with Crippen LogP contribution in [-0.4, -0.2) is 33.6 Å². The molecule has 4 rings (SSSR count). The van der Waals surface area contributed by atoms with E-state index in [2.05, 4.69) is 5.32 Å². The number of ether oxygens (including phenoxy) is 1. The molecule has 0 amide bonds. The summed E-state index contributed by atoms with van der Waals surface area (Å²) in [7, 11) is 1.65. The SMILES string of the molecule is CNC.COc1ccc2c(c1)c(-c1ccccc1)cn2S(=O)(=O)c1ccccc1. The third kappa shape index (κ3) is 4.18. The van der Waals surface area contributed by atoms with Gasteiger partial charge >= 0.3 is 0 Å². The zero-order chi connectivity index (χ0) is 20.9. The molecule has 0 fully saturated rings. The molecule has 0 radical (unpaired) electrons. The smallest absolute Gasteiger partial charge is 0.268 e. The van der Waals surface area contributed by atoms with Crippen molar-refractivity contribution in [3.8, 4) is 16.9 Å². The molecule has 0 bridgehead atoms. The summed E-state index contributed by atoms with van der Waals surface area (Å²) in [6, 6.07) is 23.6. The molecule has 5 nitrogen and oxygen atoms in total. The summed E-state index contributed by atoms with van der Waals surface area (Å²) >= 11 is 0. The predicted octanol–water partition coefficient (Wildman–Crippen LogP) is 4.39. The van der Waals surface area contributed by atoms with Crippen molar-refractivity contribution in [2.24, 2.45) is 0 Å². The van der Waals surface area contributed by atoms with E-state index in [1.807, 2.05) is 50.5 Å². The van der Waals surface area contributed by atoms with Gasteiger partial charge in [-0.2, -0.15) is 0 Å². The van der Waals surface area contributed by atoms with E-state index < -0.39 is 10.0 Å². The fraction of sp³-hybridized carbons (Fsp3) is 0.130. The highest BCUT2D eigenvalue weighted by Crippen LogP contribution is 2.35. The topological polar surface area (TPSA) is 60.3 Å². The Morgan fingerprint density at radius 3 is 2.03 bits per heavy atom. The van der Waals surface area contributed by atoms with E-state index in [0.29, 0.717) is 11.3 Å². The molecular weight excluding hydrogens is 384 g/mol. The van der Waals surface area contributed by atoms with Gasteiger partial charge in [0.2, 0.25) is 0 Å². The minimum absolute atomic E-state index is 0.257. The van der Waals surface area contributed by atoms with Crippen molar-refractivity contribution >= 4 is 20.9 Å². The maximum Gasteiger partial charge on any atom is 0.268 e. The molecule has 0 aliphatic heterocycles. The number of rotatable bonds is 4. The molecule has 0 saturated heterocycles. The van der Waals surface area contributed by atoms with Gasteiger partial charge in [-0.25, -0.2) is 12.4 Å².